The molecule has 0 radical (unpaired) electrons. The zero-order chi connectivity index (χ0) is 43.3. The van der Waals surface area contributed by atoms with Gasteiger partial charge in [-0.1, -0.05) is 168 Å². The minimum absolute atomic E-state index is 0.213. The molecule has 2 aliphatic rings. The van der Waals surface area contributed by atoms with Crippen molar-refractivity contribution in [2.75, 3.05) is 19.8 Å². The maximum absolute atomic E-state index is 13.0. The molecule has 1 amide bonds. The number of hydrogen-bond donors (Lipinski definition) is 9. The fraction of sp³-hybridized carbons (Fsp3) is 0.978. The van der Waals surface area contributed by atoms with Crippen LogP contribution in [0.15, 0.2) is 0 Å². The Hall–Kier alpha value is -1.01. The van der Waals surface area contributed by atoms with E-state index in [9.17, 15) is 45.6 Å². The van der Waals surface area contributed by atoms with Crippen molar-refractivity contribution in [3.8, 4) is 0 Å². The Morgan fingerprint density at radius 3 is 1.44 bits per heavy atom. The molecule has 12 atom stereocenters. The minimum Gasteiger partial charge on any atom is -0.394 e. The van der Waals surface area contributed by atoms with Gasteiger partial charge < -0.3 is 65.1 Å². The fourth-order valence-electron chi connectivity index (χ4n) is 8.12. The van der Waals surface area contributed by atoms with E-state index in [2.05, 4.69) is 19.2 Å². The summed E-state index contributed by atoms with van der Waals surface area (Å²) in [7, 11) is 0. The molecule has 2 heterocycles. The van der Waals surface area contributed by atoms with Gasteiger partial charge in [0.05, 0.1) is 32.0 Å². The highest BCUT2D eigenvalue weighted by molar-refractivity contribution is 5.76. The Kier molecular flexibility index (Phi) is 30.8. The Balaban J connectivity index is 1.68. The Morgan fingerprint density at radius 1 is 0.542 bits per heavy atom. The Bertz CT molecular complexity index is 1010. The molecule has 0 aromatic heterocycles. The number of ether oxygens (including phenoxy) is 4. The molecule has 0 aliphatic carbocycles. The lowest BCUT2D eigenvalue weighted by Crippen LogP contribution is -2.65. The van der Waals surface area contributed by atoms with Crippen molar-refractivity contribution in [2.24, 2.45) is 0 Å². The summed E-state index contributed by atoms with van der Waals surface area (Å²) in [6, 6.07) is -0.817. The van der Waals surface area contributed by atoms with Gasteiger partial charge in [0.1, 0.15) is 48.8 Å². The van der Waals surface area contributed by atoms with Gasteiger partial charge in [-0.3, -0.25) is 4.79 Å². The number of carbonyl (C=O) groups is 1. The highest BCUT2D eigenvalue weighted by Crippen LogP contribution is 2.30. The van der Waals surface area contributed by atoms with Crippen LogP contribution in [0.25, 0.3) is 0 Å². The van der Waals surface area contributed by atoms with Gasteiger partial charge in [0.25, 0.3) is 0 Å². The average molecular weight is 850 g/mol. The lowest BCUT2D eigenvalue weighted by atomic mass is 9.97. The molecular formula is C45H87NO13. The first-order valence-electron chi connectivity index (χ1n) is 23.8. The maximum Gasteiger partial charge on any atom is 0.220 e. The molecule has 2 aliphatic heterocycles. The molecule has 2 fully saturated rings. The quantitative estimate of drug-likeness (QED) is 0.0377. The number of nitrogens with one attached hydrogen (secondary N) is 1. The van der Waals surface area contributed by atoms with E-state index < -0.39 is 86.8 Å². The van der Waals surface area contributed by atoms with E-state index in [4.69, 9.17) is 18.9 Å². The second-order valence-electron chi connectivity index (χ2n) is 17.2. The number of hydrogen-bond acceptors (Lipinski definition) is 13. The zero-order valence-corrected chi connectivity index (χ0v) is 36.8. The molecule has 12 unspecified atom stereocenters. The lowest BCUT2D eigenvalue weighted by molar-refractivity contribution is -0.359. The molecule has 0 aromatic carbocycles. The third-order valence-corrected chi connectivity index (χ3v) is 12.1. The second kappa shape index (κ2) is 33.5. The SMILES string of the molecule is CCCCCCCCCCCCCCCCCCCCCCCC(=O)NC(COC1OC(CO)C(OC2OC(CO)C(O)C(O)C2O)C(O)C1O)C(O)CCCCCC. The molecule has 2 saturated heterocycles. The highest BCUT2D eigenvalue weighted by atomic mass is 16.7. The van der Waals surface area contributed by atoms with Crippen LogP contribution in [0.2, 0.25) is 0 Å². The molecular weight excluding hydrogens is 762 g/mol. The van der Waals surface area contributed by atoms with Crippen LogP contribution in [0.5, 0.6) is 0 Å². The smallest absolute Gasteiger partial charge is 0.220 e. The van der Waals surface area contributed by atoms with E-state index in [-0.39, 0.29) is 12.5 Å². The third-order valence-electron chi connectivity index (χ3n) is 12.1. The van der Waals surface area contributed by atoms with E-state index in [1.165, 1.54) is 109 Å². The van der Waals surface area contributed by atoms with Crippen molar-refractivity contribution < 1.29 is 64.6 Å². The van der Waals surface area contributed by atoms with Crippen LogP contribution >= 0.6 is 0 Å². The largest absolute Gasteiger partial charge is 0.394 e. The van der Waals surface area contributed by atoms with Gasteiger partial charge in [-0.2, -0.15) is 0 Å². The molecule has 2 rings (SSSR count). The molecule has 59 heavy (non-hydrogen) atoms. The van der Waals surface area contributed by atoms with Crippen LogP contribution < -0.4 is 5.32 Å². The standard InChI is InChI=1S/C45H87NO13/c1-3-5-7-9-10-11-12-13-14-15-16-17-18-19-20-21-22-23-24-25-27-29-37(50)46-33(34(49)28-26-8-6-4-2)32-56-44-42(55)40(53)43(36(31-48)58-44)59-45-41(54)39(52)38(51)35(30-47)57-45/h33-36,38-45,47-49,51-55H,3-32H2,1-2H3,(H,46,50). The van der Waals surface area contributed by atoms with Gasteiger partial charge in [-0.05, 0) is 12.8 Å². The summed E-state index contributed by atoms with van der Waals surface area (Å²) >= 11 is 0. The van der Waals surface area contributed by atoms with Crippen LogP contribution in [0.4, 0.5) is 0 Å². The second-order valence-corrected chi connectivity index (χ2v) is 17.2. The zero-order valence-electron chi connectivity index (χ0n) is 36.8. The number of amides is 1. The molecule has 14 nitrogen and oxygen atoms in total. The monoisotopic (exact) mass is 850 g/mol. The molecule has 0 saturated carbocycles. The number of unbranched alkanes of at least 4 members (excludes halogenated alkanes) is 23. The van der Waals surface area contributed by atoms with Crippen molar-refractivity contribution in [3.05, 3.63) is 0 Å². The van der Waals surface area contributed by atoms with Gasteiger partial charge in [-0.15, -0.1) is 0 Å². The first-order chi connectivity index (χ1) is 28.6. The fourth-order valence-corrected chi connectivity index (χ4v) is 8.12. The van der Waals surface area contributed by atoms with Crippen LogP contribution in [-0.4, -0.2) is 140 Å². The summed E-state index contributed by atoms with van der Waals surface area (Å²) in [4.78, 5) is 13.0. The van der Waals surface area contributed by atoms with Crippen molar-refractivity contribution in [2.45, 2.75) is 261 Å². The van der Waals surface area contributed by atoms with Crippen molar-refractivity contribution in [1.82, 2.24) is 5.32 Å². The van der Waals surface area contributed by atoms with Gasteiger partial charge >= 0.3 is 0 Å². The number of rotatable bonds is 36. The van der Waals surface area contributed by atoms with E-state index in [0.717, 1.165) is 51.4 Å². The summed E-state index contributed by atoms with van der Waals surface area (Å²) in [6.07, 6.45) is 14.9. The molecule has 350 valence electrons. The van der Waals surface area contributed by atoms with E-state index in [1.54, 1.807) is 0 Å². The van der Waals surface area contributed by atoms with Gasteiger partial charge in [0.15, 0.2) is 12.6 Å². The molecule has 0 spiro atoms. The van der Waals surface area contributed by atoms with Crippen LogP contribution in [0.1, 0.15) is 187 Å². The minimum atomic E-state index is -1.78. The van der Waals surface area contributed by atoms with Crippen LogP contribution in [0.3, 0.4) is 0 Å². The summed E-state index contributed by atoms with van der Waals surface area (Å²) in [5.74, 6) is -0.213. The maximum atomic E-state index is 13.0. The molecule has 14 heteroatoms. The summed E-state index contributed by atoms with van der Waals surface area (Å²) in [5.41, 5.74) is 0. The van der Waals surface area contributed by atoms with E-state index >= 15 is 0 Å². The Morgan fingerprint density at radius 2 is 0.966 bits per heavy atom. The summed E-state index contributed by atoms with van der Waals surface area (Å²) < 4.78 is 22.5. The number of aliphatic hydroxyl groups is 8. The van der Waals surface area contributed by atoms with Crippen LogP contribution in [-0.2, 0) is 23.7 Å². The number of aliphatic hydroxyl groups excluding tert-OH is 8. The van der Waals surface area contributed by atoms with E-state index in [0.29, 0.717) is 12.8 Å². The van der Waals surface area contributed by atoms with Crippen LogP contribution in [0, 0.1) is 0 Å². The topological polar surface area (TPSA) is 228 Å². The van der Waals surface area contributed by atoms with Gasteiger partial charge in [0, 0.05) is 6.42 Å². The van der Waals surface area contributed by atoms with Gasteiger partial charge in [-0.25, -0.2) is 0 Å². The average Bonchev–Trinajstić information content (AvgIpc) is 3.23. The van der Waals surface area contributed by atoms with Crippen molar-refractivity contribution >= 4 is 5.91 Å². The van der Waals surface area contributed by atoms with Crippen molar-refractivity contribution in [1.29, 1.82) is 0 Å². The number of carbonyl (C=O) groups excluding carboxylic acids is 1. The third kappa shape index (κ3) is 21.8. The van der Waals surface area contributed by atoms with Crippen molar-refractivity contribution in [3.63, 3.8) is 0 Å². The predicted octanol–water partition coefficient (Wildman–Crippen LogP) is 5.05. The summed E-state index contributed by atoms with van der Waals surface area (Å²) in [6.45, 7) is 2.72. The Labute approximate surface area is 355 Å². The molecule has 9 N–H and O–H groups in total. The molecule has 0 aromatic rings. The summed E-state index contributed by atoms with van der Waals surface area (Å²) in [5, 5.41) is 86.1. The highest BCUT2D eigenvalue weighted by Gasteiger charge is 2.51. The van der Waals surface area contributed by atoms with E-state index in [1.807, 2.05) is 0 Å². The molecule has 0 bridgehead atoms. The first-order valence-corrected chi connectivity index (χ1v) is 23.8. The predicted molar refractivity (Wildman–Crippen MR) is 226 cm³/mol. The first kappa shape index (κ1) is 54.1. The normalized spacial score (nSPS) is 28.4. The lowest BCUT2D eigenvalue weighted by Gasteiger charge is -2.46. The van der Waals surface area contributed by atoms with Gasteiger partial charge in [0.2, 0.25) is 5.91 Å².